The number of methoxy groups -OCH3 is 2. The molecule has 0 spiro atoms. The second-order valence-electron chi connectivity index (χ2n) is 11.8. The Kier molecular flexibility index (Phi) is 10.1. The average molecular weight is 628 g/mol. The predicted octanol–water partition coefficient (Wildman–Crippen LogP) is 3.99. The quantitative estimate of drug-likeness (QED) is 0.307. The number of nitrogens with one attached hydrogen (secondary N) is 1. The zero-order valence-corrected chi connectivity index (χ0v) is 26.4. The molecular formula is C35H41N5O6. The van der Waals surface area contributed by atoms with Crippen molar-refractivity contribution in [2.75, 3.05) is 47.0 Å². The van der Waals surface area contributed by atoms with Gasteiger partial charge in [0.15, 0.2) is 11.5 Å². The first-order valence-corrected chi connectivity index (χ1v) is 15.7. The smallest absolute Gasteiger partial charge is 0.244 e. The summed E-state index contributed by atoms with van der Waals surface area (Å²) in [5.41, 5.74) is 2.85. The van der Waals surface area contributed by atoms with E-state index in [0.717, 1.165) is 28.5 Å². The van der Waals surface area contributed by atoms with Crippen molar-refractivity contribution in [3.8, 4) is 17.2 Å². The summed E-state index contributed by atoms with van der Waals surface area (Å²) in [6, 6.07) is 21.1. The molecule has 4 aromatic rings. The van der Waals surface area contributed by atoms with Crippen molar-refractivity contribution in [1.82, 2.24) is 24.9 Å². The van der Waals surface area contributed by atoms with Crippen LogP contribution in [-0.4, -0.2) is 90.5 Å². The number of benzene rings is 3. The van der Waals surface area contributed by atoms with Crippen LogP contribution in [0.1, 0.15) is 24.0 Å². The fourth-order valence-electron chi connectivity index (χ4n) is 6.16. The second kappa shape index (κ2) is 14.8. The van der Waals surface area contributed by atoms with E-state index in [2.05, 4.69) is 15.3 Å². The van der Waals surface area contributed by atoms with Crippen LogP contribution in [0.2, 0.25) is 0 Å². The van der Waals surface area contributed by atoms with Gasteiger partial charge in [0.05, 0.1) is 44.1 Å². The minimum atomic E-state index is -0.375. The molecule has 2 aliphatic heterocycles. The molecule has 6 rings (SSSR count). The highest BCUT2D eigenvalue weighted by atomic mass is 16.5. The summed E-state index contributed by atoms with van der Waals surface area (Å²) in [4.78, 5) is 31.0. The summed E-state index contributed by atoms with van der Waals surface area (Å²) in [6.07, 6.45) is 2.86. The van der Waals surface area contributed by atoms with Crippen molar-refractivity contribution < 1.29 is 28.5 Å². The summed E-state index contributed by atoms with van der Waals surface area (Å²) >= 11 is 0. The number of nitrogens with zero attached hydrogens (tertiary/aromatic N) is 4. The minimum Gasteiger partial charge on any atom is -0.493 e. The van der Waals surface area contributed by atoms with E-state index in [4.69, 9.17) is 18.9 Å². The lowest BCUT2D eigenvalue weighted by Gasteiger charge is -2.39. The van der Waals surface area contributed by atoms with E-state index in [1.54, 1.807) is 25.1 Å². The first-order valence-electron chi connectivity index (χ1n) is 15.7. The molecule has 0 radical (unpaired) electrons. The van der Waals surface area contributed by atoms with E-state index in [1.165, 1.54) is 0 Å². The number of aromatic nitrogens is 2. The molecule has 46 heavy (non-hydrogen) atoms. The molecule has 1 saturated heterocycles. The molecule has 3 heterocycles. The third kappa shape index (κ3) is 7.67. The van der Waals surface area contributed by atoms with Crippen molar-refractivity contribution in [3.05, 3.63) is 84.1 Å². The molecular weight excluding hydrogens is 586 g/mol. The Morgan fingerprint density at radius 1 is 1.04 bits per heavy atom. The summed E-state index contributed by atoms with van der Waals surface area (Å²) in [6.45, 7) is 3.31. The van der Waals surface area contributed by atoms with Crippen LogP contribution in [0.3, 0.4) is 0 Å². The Hall–Kier alpha value is -4.45. The lowest BCUT2D eigenvalue weighted by atomic mass is 10.0. The Labute approximate surface area is 269 Å². The number of fused-ring (bicyclic) bond motifs is 6. The minimum absolute atomic E-state index is 0.0463. The Balaban J connectivity index is 1.23. The molecule has 3 aromatic carbocycles. The average Bonchev–Trinajstić information content (AvgIpc) is 3.46. The molecule has 4 bridgehead atoms. The largest absolute Gasteiger partial charge is 0.493 e. The van der Waals surface area contributed by atoms with E-state index in [0.29, 0.717) is 63.1 Å². The molecule has 0 aliphatic carbocycles. The van der Waals surface area contributed by atoms with Gasteiger partial charge in [-0.2, -0.15) is 5.10 Å². The van der Waals surface area contributed by atoms with Crippen LogP contribution in [0.25, 0.3) is 10.9 Å². The zero-order chi connectivity index (χ0) is 31.9. The molecule has 242 valence electrons. The third-order valence-corrected chi connectivity index (χ3v) is 8.50. The molecule has 1 aromatic heterocycles. The fourth-order valence-corrected chi connectivity index (χ4v) is 6.16. The molecule has 0 saturated carbocycles. The van der Waals surface area contributed by atoms with E-state index in [-0.39, 0.29) is 37.0 Å². The van der Waals surface area contributed by atoms with Gasteiger partial charge in [0.1, 0.15) is 12.3 Å². The lowest BCUT2D eigenvalue weighted by Crippen LogP contribution is -2.58. The van der Waals surface area contributed by atoms with E-state index >= 15 is 0 Å². The maximum Gasteiger partial charge on any atom is 0.244 e. The molecule has 1 fully saturated rings. The van der Waals surface area contributed by atoms with Gasteiger partial charge in [0.25, 0.3) is 0 Å². The lowest BCUT2D eigenvalue weighted by molar-refractivity contribution is -0.138. The number of ether oxygens (including phenoxy) is 4. The zero-order valence-electron chi connectivity index (χ0n) is 26.4. The Morgan fingerprint density at radius 3 is 2.80 bits per heavy atom. The fraction of sp³-hybridized carbons (Fsp3) is 0.400. The normalized spacial score (nSPS) is 19.3. The number of rotatable bonds is 7. The number of hydrogen-bond acceptors (Lipinski definition) is 8. The standard InChI is InChI=1S/C35H41N5O6/c1-43-16-6-14-38-20-25-11-12-32(44-2)33(18-25)46-28-9-5-7-26(17-28)24-45-31-13-15-39(21-29(31)37-34(41)22-38)35(42)23-40-30-10-4-3-8-27(30)19-36-40/h3-5,7-12,17-19,29,31H,6,13-16,20-24H2,1-2H3,(H,37,41)/t29-,31+/m0/s1. The first kappa shape index (κ1) is 31.5. The molecule has 2 amide bonds. The predicted molar refractivity (Wildman–Crippen MR) is 173 cm³/mol. The van der Waals surface area contributed by atoms with Gasteiger partial charge in [-0.1, -0.05) is 36.4 Å². The highest BCUT2D eigenvalue weighted by Gasteiger charge is 2.34. The Bertz CT molecular complexity index is 1660. The van der Waals surface area contributed by atoms with Crippen molar-refractivity contribution in [2.45, 2.75) is 44.7 Å². The van der Waals surface area contributed by atoms with Crippen LogP contribution in [0, 0.1) is 0 Å². The molecule has 1 N–H and O–H groups in total. The van der Waals surface area contributed by atoms with E-state index in [1.807, 2.05) is 71.6 Å². The van der Waals surface area contributed by atoms with Crippen LogP contribution >= 0.6 is 0 Å². The number of para-hydroxylation sites is 1. The first-order chi connectivity index (χ1) is 22.5. The van der Waals surface area contributed by atoms with Gasteiger partial charge in [-0.25, -0.2) is 0 Å². The van der Waals surface area contributed by atoms with Gasteiger partial charge in [0, 0.05) is 45.3 Å². The molecule has 11 heteroatoms. The van der Waals surface area contributed by atoms with Crippen LogP contribution in [0.4, 0.5) is 0 Å². The van der Waals surface area contributed by atoms with Crippen LogP contribution in [-0.2, 0) is 38.8 Å². The maximum atomic E-state index is 13.6. The second-order valence-corrected chi connectivity index (χ2v) is 11.8. The monoisotopic (exact) mass is 627 g/mol. The highest BCUT2D eigenvalue weighted by molar-refractivity contribution is 5.82. The third-order valence-electron chi connectivity index (χ3n) is 8.50. The summed E-state index contributed by atoms with van der Waals surface area (Å²) in [5, 5.41) is 8.65. The number of carbonyl (C=O) groups excluding carboxylic acids is 2. The number of hydrogen-bond donors (Lipinski definition) is 1. The number of likely N-dealkylation sites (tertiary alicyclic amines) is 1. The molecule has 0 unspecified atom stereocenters. The van der Waals surface area contributed by atoms with Gasteiger partial charge in [-0.3, -0.25) is 19.2 Å². The Morgan fingerprint density at radius 2 is 1.93 bits per heavy atom. The summed E-state index contributed by atoms with van der Waals surface area (Å²) in [5.74, 6) is 1.74. The van der Waals surface area contributed by atoms with Crippen molar-refractivity contribution in [2.24, 2.45) is 0 Å². The molecule has 11 nitrogen and oxygen atoms in total. The van der Waals surface area contributed by atoms with Gasteiger partial charge in [0.2, 0.25) is 11.8 Å². The van der Waals surface area contributed by atoms with Gasteiger partial charge < -0.3 is 29.2 Å². The number of amides is 2. The van der Waals surface area contributed by atoms with Crippen molar-refractivity contribution in [1.29, 1.82) is 0 Å². The maximum absolute atomic E-state index is 13.6. The molecule has 2 aliphatic rings. The number of carbonyl (C=O) groups is 2. The highest BCUT2D eigenvalue weighted by Crippen LogP contribution is 2.33. The van der Waals surface area contributed by atoms with E-state index in [9.17, 15) is 9.59 Å². The van der Waals surface area contributed by atoms with Crippen molar-refractivity contribution >= 4 is 22.7 Å². The van der Waals surface area contributed by atoms with Crippen LogP contribution < -0.4 is 14.8 Å². The van der Waals surface area contributed by atoms with Gasteiger partial charge in [-0.15, -0.1) is 0 Å². The van der Waals surface area contributed by atoms with Crippen LogP contribution in [0.5, 0.6) is 17.2 Å². The van der Waals surface area contributed by atoms with Gasteiger partial charge >= 0.3 is 0 Å². The topological polar surface area (TPSA) is 107 Å². The van der Waals surface area contributed by atoms with Gasteiger partial charge in [-0.05, 0) is 54.3 Å². The molecule has 2 atom stereocenters. The summed E-state index contributed by atoms with van der Waals surface area (Å²) in [7, 11) is 3.29. The number of piperidine rings is 1. The van der Waals surface area contributed by atoms with E-state index < -0.39 is 0 Å². The van der Waals surface area contributed by atoms with Crippen LogP contribution in [0.15, 0.2) is 72.9 Å². The summed E-state index contributed by atoms with van der Waals surface area (Å²) < 4.78 is 25.3. The SMILES string of the molecule is COCCCN1CC(=O)N[C@H]2CN(C(=O)Cn3ncc4ccccc43)CC[C@H]2OCc2cccc(c2)Oc2cc(ccc2OC)C1. The van der Waals surface area contributed by atoms with Crippen molar-refractivity contribution in [3.63, 3.8) is 0 Å².